The molecule has 6 heteroatoms. The van der Waals surface area contributed by atoms with Gasteiger partial charge in [0.25, 0.3) is 0 Å². The largest absolute Gasteiger partial charge is 0.398 e. The maximum Gasteiger partial charge on any atom is 0.185 e. The molecule has 144 valence electrons. The number of hydrogen-bond donors (Lipinski definition) is 1. The first-order chi connectivity index (χ1) is 13.6. The molecule has 2 aromatic heterocycles. The standard InChI is InChI=1S/C22H24N4OS/c1-25-8-10-26(11-9-25)18-5-7-20(24-15-18)21(27)14-17-13-16(4-6-19(17)23)22-3-2-12-28-22/h2-7,12-13,15H,8-11,14,23H2,1H3. The Morgan fingerprint density at radius 1 is 1.14 bits per heavy atom. The minimum Gasteiger partial charge on any atom is -0.398 e. The number of nitrogen functional groups attached to an aromatic ring is 1. The second kappa shape index (κ2) is 8.12. The molecule has 5 nitrogen and oxygen atoms in total. The summed E-state index contributed by atoms with van der Waals surface area (Å²) >= 11 is 1.68. The van der Waals surface area contributed by atoms with Gasteiger partial charge in [-0.2, -0.15) is 0 Å². The number of Topliss-reactive ketones (excluding diaryl/α,β-unsaturated/α-hetero) is 1. The second-order valence-corrected chi connectivity index (χ2v) is 8.13. The number of pyridine rings is 1. The van der Waals surface area contributed by atoms with Crippen LogP contribution in [-0.2, 0) is 6.42 Å². The van der Waals surface area contributed by atoms with Crippen LogP contribution >= 0.6 is 11.3 Å². The van der Waals surface area contributed by atoms with Crippen molar-refractivity contribution in [3.8, 4) is 10.4 Å². The molecule has 1 fully saturated rings. The predicted molar refractivity (Wildman–Crippen MR) is 116 cm³/mol. The molecule has 0 amide bonds. The molecule has 0 aliphatic carbocycles. The van der Waals surface area contributed by atoms with Crippen LogP contribution in [0.2, 0.25) is 0 Å². The fraction of sp³-hybridized carbons (Fsp3) is 0.273. The van der Waals surface area contributed by atoms with Crippen LogP contribution < -0.4 is 10.6 Å². The summed E-state index contributed by atoms with van der Waals surface area (Å²) in [5, 5.41) is 2.04. The lowest BCUT2D eigenvalue weighted by Crippen LogP contribution is -2.44. The molecule has 28 heavy (non-hydrogen) atoms. The van der Waals surface area contributed by atoms with Crippen molar-refractivity contribution >= 4 is 28.5 Å². The van der Waals surface area contributed by atoms with Crippen LogP contribution in [-0.4, -0.2) is 48.9 Å². The van der Waals surface area contributed by atoms with Gasteiger partial charge in [0.1, 0.15) is 5.69 Å². The summed E-state index contributed by atoms with van der Waals surface area (Å²) in [6.07, 6.45) is 2.07. The number of piperazine rings is 1. The molecule has 0 radical (unpaired) electrons. The molecule has 3 aromatic rings. The first-order valence-corrected chi connectivity index (χ1v) is 10.3. The number of carbonyl (C=O) groups is 1. The number of anilines is 2. The van der Waals surface area contributed by atoms with Gasteiger partial charge in [0.2, 0.25) is 0 Å². The lowest BCUT2D eigenvalue weighted by atomic mass is 10.0. The Morgan fingerprint density at radius 3 is 2.64 bits per heavy atom. The number of hydrogen-bond acceptors (Lipinski definition) is 6. The highest BCUT2D eigenvalue weighted by Crippen LogP contribution is 2.28. The van der Waals surface area contributed by atoms with Crippen LogP contribution in [0.15, 0.2) is 54.0 Å². The Kier molecular flexibility index (Phi) is 5.41. The number of carbonyl (C=O) groups excluding carboxylic acids is 1. The van der Waals surface area contributed by atoms with Crippen molar-refractivity contribution in [3.63, 3.8) is 0 Å². The summed E-state index contributed by atoms with van der Waals surface area (Å²) in [6, 6.07) is 13.8. The molecule has 0 unspecified atom stereocenters. The number of benzene rings is 1. The van der Waals surface area contributed by atoms with Crippen molar-refractivity contribution in [1.29, 1.82) is 0 Å². The van der Waals surface area contributed by atoms with E-state index in [1.54, 1.807) is 11.3 Å². The highest BCUT2D eigenvalue weighted by atomic mass is 32.1. The SMILES string of the molecule is CN1CCN(c2ccc(C(=O)Cc3cc(-c4cccs4)ccc3N)nc2)CC1. The molecule has 0 atom stereocenters. The van der Waals surface area contributed by atoms with Crippen LogP contribution in [0.25, 0.3) is 10.4 Å². The van der Waals surface area contributed by atoms with E-state index in [0.29, 0.717) is 11.4 Å². The Morgan fingerprint density at radius 2 is 1.96 bits per heavy atom. The number of likely N-dealkylation sites (N-methyl/N-ethyl adjacent to an activating group) is 1. The maximum atomic E-state index is 12.8. The molecule has 4 rings (SSSR count). The van der Waals surface area contributed by atoms with E-state index < -0.39 is 0 Å². The number of aromatic nitrogens is 1. The van der Waals surface area contributed by atoms with E-state index in [9.17, 15) is 4.79 Å². The monoisotopic (exact) mass is 392 g/mol. The van der Waals surface area contributed by atoms with Crippen LogP contribution in [0.3, 0.4) is 0 Å². The molecule has 0 saturated carbocycles. The van der Waals surface area contributed by atoms with Gasteiger partial charge in [0, 0.05) is 43.2 Å². The summed E-state index contributed by atoms with van der Waals surface area (Å²) in [7, 11) is 2.14. The maximum absolute atomic E-state index is 12.8. The quantitative estimate of drug-likeness (QED) is 0.531. The van der Waals surface area contributed by atoms with Gasteiger partial charge in [-0.05, 0) is 53.9 Å². The van der Waals surface area contributed by atoms with Crippen molar-refractivity contribution in [1.82, 2.24) is 9.88 Å². The molecule has 2 N–H and O–H groups in total. The zero-order chi connectivity index (χ0) is 19.5. The predicted octanol–water partition coefficient (Wildman–Crippen LogP) is 3.57. The van der Waals surface area contributed by atoms with Gasteiger partial charge in [-0.3, -0.25) is 9.78 Å². The minimum atomic E-state index is -0.0139. The molecular formula is C22H24N4OS. The van der Waals surface area contributed by atoms with Gasteiger partial charge in [0.05, 0.1) is 11.9 Å². The van der Waals surface area contributed by atoms with Gasteiger partial charge in [-0.1, -0.05) is 12.1 Å². The van der Waals surface area contributed by atoms with Crippen molar-refractivity contribution in [2.24, 2.45) is 0 Å². The van der Waals surface area contributed by atoms with Crippen molar-refractivity contribution < 1.29 is 4.79 Å². The van der Waals surface area contributed by atoms with E-state index in [2.05, 4.69) is 27.9 Å². The number of thiophene rings is 1. The molecule has 1 saturated heterocycles. The van der Waals surface area contributed by atoms with Gasteiger partial charge in [-0.25, -0.2) is 0 Å². The molecule has 0 bridgehead atoms. The van der Waals surface area contributed by atoms with Crippen molar-refractivity contribution in [2.45, 2.75) is 6.42 Å². The number of rotatable bonds is 5. The number of ketones is 1. The third kappa shape index (κ3) is 4.08. The minimum absolute atomic E-state index is 0.0139. The third-order valence-electron chi connectivity index (χ3n) is 5.20. The van der Waals surface area contributed by atoms with Gasteiger partial charge in [-0.15, -0.1) is 11.3 Å². The Hall–Kier alpha value is -2.70. The normalized spacial score (nSPS) is 15.0. The van der Waals surface area contributed by atoms with Crippen molar-refractivity contribution in [2.75, 3.05) is 43.9 Å². The lowest BCUT2D eigenvalue weighted by molar-refractivity contribution is 0.0988. The molecule has 1 aromatic carbocycles. The van der Waals surface area contributed by atoms with Crippen LogP contribution in [0.5, 0.6) is 0 Å². The van der Waals surface area contributed by atoms with Crippen LogP contribution in [0, 0.1) is 0 Å². The number of nitrogens with two attached hydrogens (primary N) is 1. The highest BCUT2D eigenvalue weighted by molar-refractivity contribution is 7.13. The van der Waals surface area contributed by atoms with E-state index in [-0.39, 0.29) is 12.2 Å². The number of nitrogens with zero attached hydrogens (tertiary/aromatic N) is 3. The first-order valence-electron chi connectivity index (χ1n) is 9.45. The van der Waals surface area contributed by atoms with Gasteiger partial charge >= 0.3 is 0 Å². The van der Waals surface area contributed by atoms with Crippen LogP contribution in [0.4, 0.5) is 11.4 Å². The van der Waals surface area contributed by atoms with Crippen molar-refractivity contribution in [3.05, 3.63) is 65.3 Å². The van der Waals surface area contributed by atoms with E-state index in [0.717, 1.165) is 43.0 Å². The topological polar surface area (TPSA) is 62.5 Å². The summed E-state index contributed by atoms with van der Waals surface area (Å²) in [5.74, 6) is -0.0139. The molecule has 1 aliphatic rings. The second-order valence-electron chi connectivity index (χ2n) is 7.18. The third-order valence-corrected chi connectivity index (χ3v) is 6.12. The average molecular weight is 393 g/mol. The van der Waals surface area contributed by atoms with Gasteiger partial charge < -0.3 is 15.5 Å². The molecule has 1 aliphatic heterocycles. The Bertz CT molecular complexity index is 945. The molecule has 0 spiro atoms. The zero-order valence-electron chi connectivity index (χ0n) is 16.0. The molecular weight excluding hydrogens is 368 g/mol. The highest BCUT2D eigenvalue weighted by Gasteiger charge is 2.16. The summed E-state index contributed by atoms with van der Waals surface area (Å²) < 4.78 is 0. The van der Waals surface area contributed by atoms with E-state index >= 15 is 0 Å². The zero-order valence-corrected chi connectivity index (χ0v) is 16.8. The van der Waals surface area contributed by atoms with E-state index in [1.807, 2.05) is 48.0 Å². The van der Waals surface area contributed by atoms with Crippen LogP contribution in [0.1, 0.15) is 16.1 Å². The van der Waals surface area contributed by atoms with E-state index in [1.165, 1.54) is 4.88 Å². The summed E-state index contributed by atoms with van der Waals surface area (Å²) in [5.41, 5.74) is 10.3. The fourth-order valence-corrected chi connectivity index (χ4v) is 4.15. The first kappa shape index (κ1) is 18.7. The Labute approximate surface area is 169 Å². The average Bonchev–Trinajstić information content (AvgIpc) is 3.25. The Balaban J connectivity index is 1.47. The fourth-order valence-electron chi connectivity index (χ4n) is 3.42. The smallest absolute Gasteiger partial charge is 0.185 e. The lowest BCUT2D eigenvalue weighted by Gasteiger charge is -2.33. The summed E-state index contributed by atoms with van der Waals surface area (Å²) in [6.45, 7) is 4.05. The van der Waals surface area contributed by atoms with E-state index in [4.69, 9.17) is 5.73 Å². The van der Waals surface area contributed by atoms with Gasteiger partial charge in [0.15, 0.2) is 5.78 Å². The summed E-state index contributed by atoms with van der Waals surface area (Å²) in [4.78, 5) is 23.0. The molecule has 3 heterocycles.